The molecular weight excluding hydrogens is 320 g/mol. The van der Waals surface area contributed by atoms with Crippen LogP contribution in [0.4, 0.5) is 5.69 Å². The van der Waals surface area contributed by atoms with Crippen LogP contribution in [0.25, 0.3) is 11.1 Å². The number of carbonyl (C=O) groups is 2. The average molecular weight is 346 g/mol. The van der Waals surface area contributed by atoms with Crippen molar-refractivity contribution < 1.29 is 14.0 Å². The minimum absolute atomic E-state index is 0.00893. The summed E-state index contributed by atoms with van der Waals surface area (Å²) in [5, 5.41) is 5.26. The SMILES string of the molecule is CC(C)[C@H](N)C(=O)NCC(=O)Nc1ccc2oc(C(C)(C)C)nc2c1. The molecule has 136 valence electrons. The molecule has 2 rings (SSSR count). The van der Waals surface area contributed by atoms with Crippen LogP contribution in [0.5, 0.6) is 0 Å². The van der Waals surface area contributed by atoms with Crippen LogP contribution in [-0.4, -0.2) is 29.4 Å². The van der Waals surface area contributed by atoms with Crippen LogP contribution in [0.3, 0.4) is 0 Å². The van der Waals surface area contributed by atoms with Gasteiger partial charge in [0.1, 0.15) is 5.52 Å². The van der Waals surface area contributed by atoms with Crippen molar-refractivity contribution in [2.24, 2.45) is 11.7 Å². The van der Waals surface area contributed by atoms with E-state index >= 15 is 0 Å². The summed E-state index contributed by atoms with van der Waals surface area (Å²) in [7, 11) is 0. The first-order valence-electron chi connectivity index (χ1n) is 8.32. The van der Waals surface area contributed by atoms with Crippen molar-refractivity contribution in [3.63, 3.8) is 0 Å². The number of benzene rings is 1. The number of anilines is 1. The number of fused-ring (bicyclic) bond motifs is 1. The molecule has 0 radical (unpaired) electrons. The van der Waals surface area contributed by atoms with Gasteiger partial charge in [0.05, 0.1) is 12.6 Å². The molecule has 7 heteroatoms. The monoisotopic (exact) mass is 346 g/mol. The van der Waals surface area contributed by atoms with E-state index in [0.717, 1.165) is 0 Å². The van der Waals surface area contributed by atoms with E-state index in [4.69, 9.17) is 10.2 Å². The molecule has 0 aliphatic heterocycles. The lowest BCUT2D eigenvalue weighted by molar-refractivity contribution is -0.125. The molecule has 0 spiro atoms. The molecule has 7 nitrogen and oxygen atoms in total. The molecule has 0 aliphatic rings. The maximum atomic E-state index is 12.0. The van der Waals surface area contributed by atoms with Crippen LogP contribution in [0.1, 0.15) is 40.5 Å². The van der Waals surface area contributed by atoms with Gasteiger partial charge in [0, 0.05) is 11.1 Å². The minimum atomic E-state index is -0.630. The number of hydrogen-bond donors (Lipinski definition) is 3. The number of aromatic nitrogens is 1. The summed E-state index contributed by atoms with van der Waals surface area (Å²) in [6.45, 7) is 9.62. The summed E-state index contributed by atoms with van der Waals surface area (Å²) in [5.41, 5.74) is 7.48. The molecule has 2 amide bonds. The molecule has 2 aromatic rings. The highest BCUT2D eigenvalue weighted by atomic mass is 16.3. The summed E-state index contributed by atoms with van der Waals surface area (Å²) >= 11 is 0. The fourth-order valence-electron chi connectivity index (χ4n) is 2.12. The van der Waals surface area contributed by atoms with Gasteiger partial charge < -0.3 is 20.8 Å². The molecular formula is C18H26N4O3. The Labute approximate surface area is 147 Å². The summed E-state index contributed by atoms with van der Waals surface area (Å²) < 4.78 is 5.73. The predicted molar refractivity (Wildman–Crippen MR) is 97.2 cm³/mol. The zero-order valence-electron chi connectivity index (χ0n) is 15.3. The van der Waals surface area contributed by atoms with Gasteiger partial charge in [-0.3, -0.25) is 9.59 Å². The summed E-state index contributed by atoms with van der Waals surface area (Å²) in [6.07, 6.45) is 0. The van der Waals surface area contributed by atoms with Gasteiger partial charge in [-0.05, 0) is 24.1 Å². The standard InChI is InChI=1S/C18H26N4O3/c1-10(2)15(19)16(24)20-9-14(23)21-11-6-7-13-12(8-11)22-17(25-13)18(3,4)5/h6-8,10,15H,9,19H2,1-5H3,(H,20,24)(H,21,23)/t15-/m0/s1. The van der Waals surface area contributed by atoms with Gasteiger partial charge in [0.25, 0.3) is 0 Å². The number of nitrogens with two attached hydrogens (primary N) is 1. The van der Waals surface area contributed by atoms with Gasteiger partial charge in [-0.25, -0.2) is 4.98 Å². The fraction of sp³-hybridized carbons (Fsp3) is 0.500. The van der Waals surface area contributed by atoms with Crippen molar-refractivity contribution in [1.29, 1.82) is 0 Å². The molecule has 0 saturated carbocycles. The number of rotatable bonds is 5. The molecule has 0 bridgehead atoms. The number of amides is 2. The zero-order valence-corrected chi connectivity index (χ0v) is 15.3. The zero-order chi connectivity index (χ0) is 18.8. The Morgan fingerprint density at radius 3 is 2.56 bits per heavy atom. The normalized spacial score (nSPS) is 13.1. The molecule has 1 aromatic heterocycles. The Kier molecular flexibility index (Phi) is 5.47. The second-order valence-corrected chi connectivity index (χ2v) is 7.49. The number of hydrogen-bond acceptors (Lipinski definition) is 5. The lowest BCUT2D eigenvalue weighted by Gasteiger charge is -2.15. The first-order valence-corrected chi connectivity index (χ1v) is 8.32. The van der Waals surface area contributed by atoms with E-state index in [0.29, 0.717) is 22.7 Å². The van der Waals surface area contributed by atoms with Crippen molar-refractivity contribution in [2.45, 2.75) is 46.1 Å². The van der Waals surface area contributed by atoms with E-state index in [2.05, 4.69) is 15.6 Å². The Morgan fingerprint density at radius 2 is 1.96 bits per heavy atom. The van der Waals surface area contributed by atoms with E-state index in [-0.39, 0.29) is 29.7 Å². The molecule has 25 heavy (non-hydrogen) atoms. The largest absolute Gasteiger partial charge is 0.440 e. The third-order valence-corrected chi connectivity index (χ3v) is 3.76. The molecule has 0 unspecified atom stereocenters. The Balaban J connectivity index is 2.00. The highest BCUT2D eigenvalue weighted by molar-refractivity contribution is 5.96. The van der Waals surface area contributed by atoms with Crippen molar-refractivity contribution in [1.82, 2.24) is 10.3 Å². The van der Waals surface area contributed by atoms with Crippen LogP contribution < -0.4 is 16.4 Å². The number of oxazole rings is 1. The van der Waals surface area contributed by atoms with Crippen LogP contribution in [-0.2, 0) is 15.0 Å². The number of nitrogens with zero attached hydrogens (tertiary/aromatic N) is 1. The maximum Gasteiger partial charge on any atom is 0.243 e. The fourth-order valence-corrected chi connectivity index (χ4v) is 2.12. The third kappa shape index (κ3) is 4.79. The molecule has 0 saturated heterocycles. The van der Waals surface area contributed by atoms with Crippen molar-refractivity contribution in [3.8, 4) is 0 Å². The Bertz CT molecular complexity index is 774. The maximum absolute atomic E-state index is 12.0. The van der Waals surface area contributed by atoms with Crippen molar-refractivity contribution in [3.05, 3.63) is 24.1 Å². The van der Waals surface area contributed by atoms with Crippen LogP contribution in [0.2, 0.25) is 0 Å². The Hall–Kier alpha value is -2.41. The first-order chi connectivity index (χ1) is 11.6. The lowest BCUT2D eigenvalue weighted by atomic mass is 9.97. The topological polar surface area (TPSA) is 110 Å². The highest BCUT2D eigenvalue weighted by Crippen LogP contribution is 2.27. The van der Waals surface area contributed by atoms with Gasteiger partial charge >= 0.3 is 0 Å². The quantitative estimate of drug-likeness (QED) is 0.768. The van der Waals surface area contributed by atoms with Gasteiger partial charge in [0.2, 0.25) is 17.7 Å². The van der Waals surface area contributed by atoms with E-state index in [1.54, 1.807) is 18.2 Å². The van der Waals surface area contributed by atoms with Crippen LogP contribution in [0.15, 0.2) is 22.6 Å². The number of nitrogens with one attached hydrogen (secondary N) is 2. The lowest BCUT2D eigenvalue weighted by Crippen LogP contribution is -2.46. The van der Waals surface area contributed by atoms with Gasteiger partial charge in [-0.15, -0.1) is 0 Å². The smallest absolute Gasteiger partial charge is 0.243 e. The minimum Gasteiger partial charge on any atom is -0.440 e. The van der Waals surface area contributed by atoms with Crippen molar-refractivity contribution >= 4 is 28.6 Å². The Morgan fingerprint density at radius 1 is 1.28 bits per heavy atom. The molecule has 0 fully saturated rings. The molecule has 0 aliphatic carbocycles. The highest BCUT2D eigenvalue weighted by Gasteiger charge is 2.21. The van der Waals surface area contributed by atoms with Crippen molar-refractivity contribution in [2.75, 3.05) is 11.9 Å². The summed E-state index contributed by atoms with van der Waals surface area (Å²) in [6, 6.07) is 4.61. The predicted octanol–water partition coefficient (Wildman–Crippen LogP) is 2.16. The average Bonchev–Trinajstić information content (AvgIpc) is 2.95. The van der Waals surface area contributed by atoms with E-state index < -0.39 is 6.04 Å². The number of carbonyl (C=O) groups excluding carboxylic acids is 2. The molecule has 1 atom stereocenters. The first kappa shape index (κ1) is 18.9. The summed E-state index contributed by atoms with van der Waals surface area (Å²) in [5.74, 6) is -0.0225. The van der Waals surface area contributed by atoms with E-state index in [1.807, 2.05) is 34.6 Å². The third-order valence-electron chi connectivity index (χ3n) is 3.76. The summed E-state index contributed by atoms with van der Waals surface area (Å²) in [4.78, 5) is 28.2. The van der Waals surface area contributed by atoms with Crippen LogP contribution in [0, 0.1) is 5.92 Å². The second kappa shape index (κ2) is 7.23. The van der Waals surface area contributed by atoms with Gasteiger partial charge in [-0.1, -0.05) is 34.6 Å². The molecule has 4 N–H and O–H groups in total. The van der Waals surface area contributed by atoms with Gasteiger partial charge in [-0.2, -0.15) is 0 Å². The molecule has 1 aromatic carbocycles. The van der Waals surface area contributed by atoms with E-state index in [1.165, 1.54) is 0 Å². The molecule has 1 heterocycles. The van der Waals surface area contributed by atoms with E-state index in [9.17, 15) is 9.59 Å². The van der Waals surface area contributed by atoms with Gasteiger partial charge in [0.15, 0.2) is 5.58 Å². The van der Waals surface area contributed by atoms with Crippen LogP contribution >= 0.6 is 0 Å². The second-order valence-electron chi connectivity index (χ2n) is 7.49.